The Kier molecular flexibility index (Phi) is 5.60. The summed E-state index contributed by atoms with van der Waals surface area (Å²) in [6.45, 7) is 4.18. The molecule has 9 nitrogen and oxygen atoms in total. The van der Waals surface area contributed by atoms with Crippen LogP contribution in [0.25, 0.3) is 5.76 Å². The van der Waals surface area contributed by atoms with Crippen molar-refractivity contribution in [1.29, 1.82) is 0 Å². The molecule has 1 amide bonds. The summed E-state index contributed by atoms with van der Waals surface area (Å²) in [6.07, 6.45) is 1.51. The minimum atomic E-state index is -1.17. The molecule has 2 aliphatic rings. The maximum atomic E-state index is 12.5. The Morgan fingerprint density at radius 1 is 1.33 bits per heavy atom. The Morgan fingerprint density at radius 2 is 2.07 bits per heavy atom. The highest BCUT2D eigenvalue weighted by molar-refractivity contribution is 6.01. The van der Waals surface area contributed by atoms with E-state index in [1.165, 1.54) is 11.2 Å². The molecule has 0 bridgehead atoms. The third-order valence-corrected chi connectivity index (χ3v) is 4.42. The Balaban J connectivity index is 2.02. The van der Waals surface area contributed by atoms with Crippen LogP contribution in [-0.4, -0.2) is 66.2 Å². The van der Waals surface area contributed by atoms with Crippen LogP contribution in [0.15, 0.2) is 29.0 Å². The lowest BCUT2D eigenvalue weighted by atomic mass is 9.97. The lowest BCUT2D eigenvalue weighted by Gasteiger charge is -2.35. The molecule has 2 heterocycles. The Morgan fingerprint density at radius 3 is 2.74 bits per heavy atom. The second-order valence-electron chi connectivity index (χ2n) is 6.11. The zero-order valence-electron chi connectivity index (χ0n) is 15.0. The van der Waals surface area contributed by atoms with Crippen LogP contribution < -0.4 is 10.2 Å². The van der Waals surface area contributed by atoms with Crippen molar-refractivity contribution in [2.45, 2.75) is 13.5 Å². The molecule has 0 saturated carbocycles. The zero-order chi connectivity index (χ0) is 19.4. The Bertz CT molecular complexity index is 799. The van der Waals surface area contributed by atoms with Gasteiger partial charge in [-0.05, 0) is 13.0 Å². The summed E-state index contributed by atoms with van der Waals surface area (Å²) in [5.74, 6) is -2.08. The first-order valence-electron chi connectivity index (χ1n) is 8.67. The van der Waals surface area contributed by atoms with Crippen LogP contribution in [0.4, 0.5) is 5.69 Å². The van der Waals surface area contributed by atoms with E-state index in [0.29, 0.717) is 18.8 Å². The predicted molar refractivity (Wildman–Crippen MR) is 99.4 cm³/mol. The Hall–Kier alpha value is -3.07. The van der Waals surface area contributed by atoms with E-state index in [-0.39, 0.29) is 18.0 Å². The molecule has 1 saturated heterocycles. The average molecular weight is 374 g/mol. The van der Waals surface area contributed by atoms with Crippen molar-refractivity contribution >= 4 is 29.5 Å². The van der Waals surface area contributed by atoms with Crippen LogP contribution in [-0.2, 0) is 20.9 Å². The summed E-state index contributed by atoms with van der Waals surface area (Å²) in [6, 6.07) is 5.54. The summed E-state index contributed by atoms with van der Waals surface area (Å²) < 4.78 is 5.41. The summed E-state index contributed by atoms with van der Waals surface area (Å²) in [5.41, 5.74) is 2.30. The number of benzene rings is 1. The lowest BCUT2D eigenvalue weighted by Crippen LogP contribution is -2.40. The number of anilines is 1. The molecule has 27 heavy (non-hydrogen) atoms. The second-order valence-corrected chi connectivity index (χ2v) is 6.11. The van der Waals surface area contributed by atoms with Gasteiger partial charge in [-0.2, -0.15) is 5.10 Å². The molecule has 9 heteroatoms. The summed E-state index contributed by atoms with van der Waals surface area (Å²) in [4.78, 5) is 25.4. The van der Waals surface area contributed by atoms with Crippen LogP contribution in [0.1, 0.15) is 18.1 Å². The summed E-state index contributed by atoms with van der Waals surface area (Å²) in [7, 11) is 0. The molecule has 0 spiro atoms. The number of aliphatic hydroxyl groups excluding tert-OH is 1. The van der Waals surface area contributed by atoms with Gasteiger partial charge in [0.25, 0.3) is 5.91 Å². The van der Waals surface area contributed by atoms with E-state index in [9.17, 15) is 14.7 Å². The highest BCUT2D eigenvalue weighted by atomic mass is 16.5. The van der Waals surface area contributed by atoms with Gasteiger partial charge in [0, 0.05) is 36.1 Å². The smallest absolute Gasteiger partial charge is 0.322 e. The van der Waals surface area contributed by atoms with Gasteiger partial charge in [0.1, 0.15) is 6.54 Å². The fraction of sp³-hybridized carbons (Fsp3) is 0.389. The monoisotopic (exact) mass is 374 g/mol. The van der Waals surface area contributed by atoms with Crippen LogP contribution in [0.3, 0.4) is 0 Å². The van der Waals surface area contributed by atoms with Crippen molar-refractivity contribution in [3.63, 3.8) is 0 Å². The van der Waals surface area contributed by atoms with Crippen LogP contribution >= 0.6 is 0 Å². The van der Waals surface area contributed by atoms with E-state index in [4.69, 9.17) is 9.84 Å². The number of nitrogens with one attached hydrogen (secondary N) is 1. The third-order valence-electron chi connectivity index (χ3n) is 4.42. The second kappa shape index (κ2) is 8.09. The SMILES string of the molecule is C/C=N\N1Cc2c(cccc2N2CCOCC2)C(O)=C1C(=O)NCC(=O)O. The minimum absolute atomic E-state index is 0.0685. The van der Waals surface area contributed by atoms with Gasteiger partial charge in [0.15, 0.2) is 11.5 Å². The first-order valence-corrected chi connectivity index (χ1v) is 8.67. The fourth-order valence-corrected chi connectivity index (χ4v) is 3.24. The van der Waals surface area contributed by atoms with Crippen molar-refractivity contribution in [3.8, 4) is 0 Å². The molecule has 1 fully saturated rings. The van der Waals surface area contributed by atoms with Crippen molar-refractivity contribution in [1.82, 2.24) is 10.3 Å². The number of aliphatic carboxylic acids is 1. The van der Waals surface area contributed by atoms with Crippen LogP contribution in [0, 0.1) is 0 Å². The van der Waals surface area contributed by atoms with Crippen molar-refractivity contribution in [2.75, 3.05) is 37.7 Å². The van der Waals surface area contributed by atoms with Crippen molar-refractivity contribution in [3.05, 3.63) is 35.0 Å². The molecule has 0 aliphatic carbocycles. The number of carboxylic acid groups (broad SMARTS) is 1. The van der Waals surface area contributed by atoms with Crippen molar-refractivity contribution < 1.29 is 24.5 Å². The van der Waals surface area contributed by atoms with Gasteiger partial charge in [0.05, 0.1) is 19.8 Å². The van der Waals surface area contributed by atoms with Gasteiger partial charge in [-0.3, -0.25) is 14.6 Å². The first kappa shape index (κ1) is 18.7. The molecule has 1 aromatic carbocycles. The van der Waals surface area contributed by atoms with Gasteiger partial charge in [-0.25, -0.2) is 0 Å². The van der Waals surface area contributed by atoms with Gasteiger partial charge in [0.2, 0.25) is 0 Å². The van der Waals surface area contributed by atoms with E-state index in [2.05, 4.69) is 15.3 Å². The molecule has 2 aliphatic heterocycles. The zero-order valence-corrected chi connectivity index (χ0v) is 15.0. The predicted octanol–water partition coefficient (Wildman–Crippen LogP) is 0.772. The number of aliphatic hydroxyl groups is 1. The van der Waals surface area contributed by atoms with Gasteiger partial charge in [-0.1, -0.05) is 12.1 Å². The molecule has 144 valence electrons. The number of rotatable bonds is 5. The first-order chi connectivity index (χ1) is 13.0. The molecule has 0 atom stereocenters. The number of hydrogen-bond donors (Lipinski definition) is 3. The summed E-state index contributed by atoms with van der Waals surface area (Å²) >= 11 is 0. The molecule has 1 aromatic rings. The fourth-order valence-electron chi connectivity index (χ4n) is 3.24. The highest BCUT2D eigenvalue weighted by Crippen LogP contribution is 2.36. The number of morpholine rings is 1. The highest BCUT2D eigenvalue weighted by Gasteiger charge is 2.32. The van der Waals surface area contributed by atoms with E-state index in [0.717, 1.165) is 24.3 Å². The standard InChI is InChI=1S/C18H22N4O5/c1-2-20-22-11-13-12(17(25)16(22)18(26)19-10-15(23)24)4-3-5-14(13)21-6-8-27-9-7-21/h2-5,25H,6-11H2,1H3,(H,19,26)(H,23,24)/b20-2-. The quantitative estimate of drug-likeness (QED) is 0.652. The van der Waals surface area contributed by atoms with E-state index in [1.807, 2.05) is 12.1 Å². The van der Waals surface area contributed by atoms with Gasteiger partial charge < -0.3 is 25.2 Å². The van der Waals surface area contributed by atoms with Gasteiger partial charge >= 0.3 is 5.97 Å². The number of nitrogens with zero attached hydrogens (tertiary/aromatic N) is 3. The number of carbonyl (C=O) groups is 2. The molecular weight excluding hydrogens is 352 g/mol. The number of amides is 1. The third kappa shape index (κ3) is 3.87. The topological polar surface area (TPSA) is 115 Å². The normalized spacial score (nSPS) is 17.2. The van der Waals surface area contributed by atoms with Crippen LogP contribution in [0.2, 0.25) is 0 Å². The molecule has 0 unspecified atom stereocenters. The number of hydrogen-bond acceptors (Lipinski definition) is 7. The number of carbonyl (C=O) groups excluding carboxylic acids is 1. The molecule has 0 aromatic heterocycles. The Labute approximate surface area is 156 Å². The molecule has 0 radical (unpaired) electrons. The molecule has 3 N–H and O–H groups in total. The van der Waals surface area contributed by atoms with E-state index in [1.54, 1.807) is 13.0 Å². The number of ether oxygens (including phenoxy) is 1. The maximum Gasteiger partial charge on any atom is 0.322 e. The number of hydrazone groups is 1. The molecule has 3 rings (SSSR count). The lowest BCUT2D eigenvalue weighted by molar-refractivity contribution is -0.137. The largest absolute Gasteiger partial charge is 0.505 e. The summed E-state index contributed by atoms with van der Waals surface area (Å²) in [5, 5.41) is 27.4. The maximum absolute atomic E-state index is 12.5. The number of fused-ring (bicyclic) bond motifs is 1. The van der Waals surface area contributed by atoms with Gasteiger partial charge in [-0.15, -0.1) is 0 Å². The average Bonchev–Trinajstić information content (AvgIpc) is 2.67. The van der Waals surface area contributed by atoms with E-state index < -0.39 is 18.4 Å². The van der Waals surface area contributed by atoms with Crippen LogP contribution in [0.5, 0.6) is 0 Å². The van der Waals surface area contributed by atoms with Crippen molar-refractivity contribution in [2.24, 2.45) is 5.10 Å². The minimum Gasteiger partial charge on any atom is -0.505 e. The number of carboxylic acids is 1. The van der Waals surface area contributed by atoms with E-state index >= 15 is 0 Å². The molecular formula is C18H22N4O5.